The van der Waals surface area contributed by atoms with Gasteiger partial charge in [0, 0.05) is 25.8 Å². The van der Waals surface area contributed by atoms with Gasteiger partial charge in [0.15, 0.2) is 5.13 Å². The van der Waals surface area contributed by atoms with Crippen LogP contribution < -0.4 is 10.1 Å². The molecule has 0 saturated carbocycles. The Bertz CT molecular complexity index is 1190. The number of thiazole rings is 1. The summed E-state index contributed by atoms with van der Waals surface area (Å²) in [6.07, 6.45) is 1.73. The number of hydrogen-bond acceptors (Lipinski definition) is 7. The van der Waals surface area contributed by atoms with Crippen molar-refractivity contribution >= 4 is 42.6 Å². The van der Waals surface area contributed by atoms with Crippen molar-refractivity contribution < 1.29 is 22.7 Å². The number of aromatic nitrogens is 1. The number of methoxy groups -OCH3 is 1. The van der Waals surface area contributed by atoms with E-state index in [0.29, 0.717) is 35.1 Å². The lowest BCUT2D eigenvalue weighted by Crippen LogP contribution is -2.34. The molecule has 1 aliphatic heterocycles. The molecule has 31 heavy (non-hydrogen) atoms. The first kappa shape index (κ1) is 21.7. The molecule has 1 aromatic heterocycles. The largest absolute Gasteiger partial charge is 0.494 e. The smallest absolute Gasteiger partial charge is 0.257 e. The van der Waals surface area contributed by atoms with Crippen molar-refractivity contribution in [2.24, 2.45) is 0 Å². The van der Waals surface area contributed by atoms with Crippen LogP contribution in [0.5, 0.6) is 5.75 Å². The third kappa shape index (κ3) is 4.57. The molecule has 1 unspecified atom stereocenters. The lowest BCUT2D eigenvalue weighted by molar-refractivity contribution is 0.0979. The second kappa shape index (κ2) is 8.91. The topological polar surface area (TPSA) is 97.8 Å². The molecular formula is C21H23N3O5S2. The average molecular weight is 462 g/mol. The van der Waals surface area contributed by atoms with Crippen molar-refractivity contribution in [3.8, 4) is 5.75 Å². The predicted octanol–water partition coefficient (Wildman–Crippen LogP) is 3.36. The molecule has 0 bridgehead atoms. The molecular weight excluding hydrogens is 438 g/mol. The van der Waals surface area contributed by atoms with Crippen molar-refractivity contribution in [1.82, 2.24) is 9.29 Å². The van der Waals surface area contributed by atoms with Crippen LogP contribution in [-0.4, -0.2) is 57.0 Å². The Balaban J connectivity index is 1.46. The summed E-state index contributed by atoms with van der Waals surface area (Å²) in [4.78, 5) is 17.2. The fourth-order valence-corrected chi connectivity index (χ4v) is 5.52. The van der Waals surface area contributed by atoms with Gasteiger partial charge in [0.25, 0.3) is 5.91 Å². The number of likely N-dealkylation sites (N-methyl/N-ethyl adjacent to an activating group) is 1. The Morgan fingerprint density at radius 1 is 1.29 bits per heavy atom. The lowest BCUT2D eigenvalue weighted by Gasteiger charge is -2.20. The Morgan fingerprint density at radius 2 is 2.06 bits per heavy atom. The second-order valence-corrected chi connectivity index (χ2v) is 10.3. The number of hydrogen-bond donors (Lipinski definition) is 1. The number of para-hydroxylation sites is 1. The van der Waals surface area contributed by atoms with Gasteiger partial charge in [0.05, 0.1) is 22.8 Å². The molecule has 1 saturated heterocycles. The number of ether oxygens (including phenoxy) is 2. The molecule has 1 N–H and O–H groups in total. The fourth-order valence-electron chi connectivity index (χ4n) is 3.44. The average Bonchev–Trinajstić information content (AvgIpc) is 3.42. The Kier molecular flexibility index (Phi) is 6.24. The van der Waals surface area contributed by atoms with Crippen LogP contribution in [0.2, 0.25) is 0 Å². The SMILES string of the molecule is COc1cccc2sc(NC(=O)c3ccc(S(=O)(=O)N(C)CC4CCCO4)cc3)nc12. The number of fused-ring (bicyclic) bond motifs is 1. The quantitative estimate of drug-likeness (QED) is 0.579. The third-order valence-electron chi connectivity index (χ3n) is 5.13. The summed E-state index contributed by atoms with van der Waals surface area (Å²) in [5.41, 5.74) is 1.02. The van der Waals surface area contributed by atoms with Gasteiger partial charge in [-0.25, -0.2) is 13.4 Å². The molecule has 1 fully saturated rings. The fraction of sp³-hybridized carbons (Fsp3) is 0.333. The van der Waals surface area contributed by atoms with Crippen LogP contribution in [0.3, 0.4) is 0 Å². The Labute approximate surface area is 184 Å². The van der Waals surface area contributed by atoms with Crippen LogP contribution in [0, 0.1) is 0 Å². The second-order valence-electron chi connectivity index (χ2n) is 7.23. The summed E-state index contributed by atoms with van der Waals surface area (Å²) in [5, 5.41) is 3.21. The van der Waals surface area contributed by atoms with Crippen molar-refractivity contribution in [2.45, 2.75) is 23.8 Å². The molecule has 4 rings (SSSR count). The van der Waals surface area contributed by atoms with Crippen molar-refractivity contribution in [3.63, 3.8) is 0 Å². The molecule has 10 heteroatoms. The minimum atomic E-state index is -3.66. The van der Waals surface area contributed by atoms with Gasteiger partial charge in [-0.15, -0.1) is 0 Å². The number of amides is 1. The van der Waals surface area contributed by atoms with Gasteiger partial charge in [-0.3, -0.25) is 10.1 Å². The molecule has 1 aliphatic rings. The van der Waals surface area contributed by atoms with E-state index in [4.69, 9.17) is 9.47 Å². The molecule has 8 nitrogen and oxygen atoms in total. The molecule has 2 heterocycles. The highest BCUT2D eigenvalue weighted by molar-refractivity contribution is 7.89. The Morgan fingerprint density at radius 3 is 2.74 bits per heavy atom. The van der Waals surface area contributed by atoms with Gasteiger partial charge >= 0.3 is 0 Å². The first-order chi connectivity index (χ1) is 14.9. The van der Waals surface area contributed by atoms with Gasteiger partial charge in [-0.2, -0.15) is 4.31 Å². The van der Waals surface area contributed by atoms with E-state index in [0.717, 1.165) is 17.5 Å². The van der Waals surface area contributed by atoms with Gasteiger partial charge in [0.2, 0.25) is 10.0 Å². The lowest BCUT2D eigenvalue weighted by atomic mass is 10.2. The highest BCUT2D eigenvalue weighted by Crippen LogP contribution is 2.32. The van der Waals surface area contributed by atoms with E-state index in [2.05, 4.69) is 10.3 Å². The van der Waals surface area contributed by atoms with Crippen molar-refractivity contribution in [3.05, 3.63) is 48.0 Å². The van der Waals surface area contributed by atoms with E-state index in [-0.39, 0.29) is 16.9 Å². The third-order valence-corrected chi connectivity index (χ3v) is 7.91. The zero-order chi connectivity index (χ0) is 22.0. The summed E-state index contributed by atoms with van der Waals surface area (Å²) in [6, 6.07) is 11.4. The van der Waals surface area contributed by atoms with Gasteiger partial charge in [0.1, 0.15) is 11.3 Å². The van der Waals surface area contributed by atoms with Crippen molar-refractivity contribution in [1.29, 1.82) is 0 Å². The molecule has 3 aromatic rings. The first-order valence-electron chi connectivity index (χ1n) is 9.81. The number of anilines is 1. The normalized spacial score (nSPS) is 16.7. The van der Waals surface area contributed by atoms with E-state index in [1.165, 1.54) is 39.9 Å². The summed E-state index contributed by atoms with van der Waals surface area (Å²) in [5.74, 6) is 0.269. The maximum absolute atomic E-state index is 12.8. The minimum absolute atomic E-state index is 0.0720. The number of rotatable bonds is 7. The van der Waals surface area contributed by atoms with E-state index in [9.17, 15) is 13.2 Å². The molecule has 0 radical (unpaired) electrons. The molecule has 2 aromatic carbocycles. The van der Waals surface area contributed by atoms with Crippen LogP contribution in [0.1, 0.15) is 23.2 Å². The van der Waals surface area contributed by atoms with Gasteiger partial charge in [-0.05, 0) is 49.2 Å². The molecule has 0 spiro atoms. The number of carbonyl (C=O) groups excluding carboxylic acids is 1. The van der Waals surface area contributed by atoms with Crippen LogP contribution in [0.4, 0.5) is 5.13 Å². The van der Waals surface area contributed by atoms with Crippen LogP contribution in [-0.2, 0) is 14.8 Å². The molecule has 164 valence electrons. The summed E-state index contributed by atoms with van der Waals surface area (Å²) < 4.78 is 38.6. The van der Waals surface area contributed by atoms with E-state index in [1.54, 1.807) is 14.2 Å². The van der Waals surface area contributed by atoms with E-state index < -0.39 is 10.0 Å². The summed E-state index contributed by atoms with van der Waals surface area (Å²) >= 11 is 1.34. The molecule has 0 aliphatic carbocycles. The number of nitrogens with one attached hydrogen (secondary N) is 1. The first-order valence-corrected chi connectivity index (χ1v) is 12.1. The number of sulfonamides is 1. The minimum Gasteiger partial charge on any atom is -0.494 e. The maximum atomic E-state index is 12.8. The van der Waals surface area contributed by atoms with Crippen LogP contribution >= 0.6 is 11.3 Å². The molecule has 1 atom stereocenters. The highest BCUT2D eigenvalue weighted by atomic mass is 32.2. The van der Waals surface area contributed by atoms with Crippen LogP contribution in [0.25, 0.3) is 10.2 Å². The Hall–Kier alpha value is -2.53. The summed E-state index contributed by atoms with van der Waals surface area (Å²) in [7, 11) is -0.545. The highest BCUT2D eigenvalue weighted by Gasteiger charge is 2.26. The maximum Gasteiger partial charge on any atom is 0.257 e. The standard InChI is InChI=1S/C21H23N3O5S2/c1-24(13-15-5-4-12-29-15)31(26,27)16-10-8-14(9-11-16)20(25)23-21-22-19-17(28-2)6-3-7-18(19)30-21/h3,6-11,15H,4-5,12-13H2,1-2H3,(H,22,23,25). The van der Waals surface area contributed by atoms with Gasteiger partial charge < -0.3 is 9.47 Å². The zero-order valence-electron chi connectivity index (χ0n) is 17.2. The number of nitrogens with zero attached hydrogens (tertiary/aromatic N) is 2. The van der Waals surface area contributed by atoms with Crippen molar-refractivity contribution in [2.75, 3.05) is 32.6 Å². The predicted molar refractivity (Wildman–Crippen MR) is 119 cm³/mol. The van der Waals surface area contributed by atoms with E-state index >= 15 is 0 Å². The van der Waals surface area contributed by atoms with E-state index in [1.807, 2.05) is 18.2 Å². The van der Waals surface area contributed by atoms with Crippen LogP contribution in [0.15, 0.2) is 47.4 Å². The monoisotopic (exact) mass is 461 g/mol. The zero-order valence-corrected chi connectivity index (χ0v) is 18.8. The summed E-state index contributed by atoms with van der Waals surface area (Å²) in [6.45, 7) is 0.982. The molecule has 1 amide bonds. The van der Waals surface area contributed by atoms with Gasteiger partial charge in [-0.1, -0.05) is 17.4 Å². The number of carbonyl (C=O) groups is 1. The number of benzene rings is 2.